The second-order valence-electron chi connectivity index (χ2n) is 7.18. The molecule has 0 radical (unpaired) electrons. The van der Waals surface area contributed by atoms with Crippen molar-refractivity contribution in [3.63, 3.8) is 0 Å². The molecule has 2 aliphatic heterocycles. The van der Waals surface area contributed by atoms with Crippen LogP contribution < -0.4 is 9.80 Å². The molecule has 6 heteroatoms. The number of thiophene rings is 1. The van der Waals surface area contributed by atoms with Gasteiger partial charge in [-0.05, 0) is 30.5 Å². The highest BCUT2D eigenvalue weighted by molar-refractivity contribution is 7.10. The molecule has 1 N–H and O–H groups in total. The van der Waals surface area contributed by atoms with Gasteiger partial charge >= 0.3 is 0 Å². The minimum Gasteiger partial charge on any atom is -0.367 e. The van der Waals surface area contributed by atoms with E-state index in [4.69, 9.17) is 11.6 Å². The summed E-state index contributed by atoms with van der Waals surface area (Å²) in [5.74, 6) is 0.282. The lowest BCUT2D eigenvalue weighted by molar-refractivity contribution is -0.924. The number of amides is 1. The average molecular weight is 391 g/mol. The van der Waals surface area contributed by atoms with E-state index in [-0.39, 0.29) is 5.91 Å². The van der Waals surface area contributed by atoms with Crippen molar-refractivity contribution in [1.82, 2.24) is 4.90 Å². The molecule has 1 unspecified atom stereocenters. The number of fused-ring (bicyclic) bond motifs is 1. The molecule has 1 saturated heterocycles. The average Bonchev–Trinajstić information content (AvgIpc) is 3.14. The molecule has 2 atom stereocenters. The lowest BCUT2D eigenvalue weighted by Gasteiger charge is -2.37. The molecule has 1 aromatic heterocycles. The third-order valence-electron chi connectivity index (χ3n) is 5.74. The van der Waals surface area contributed by atoms with E-state index in [1.165, 1.54) is 15.3 Å². The van der Waals surface area contributed by atoms with E-state index < -0.39 is 0 Å². The van der Waals surface area contributed by atoms with Gasteiger partial charge < -0.3 is 14.7 Å². The highest BCUT2D eigenvalue weighted by atomic mass is 35.5. The van der Waals surface area contributed by atoms with Crippen molar-refractivity contribution in [3.05, 3.63) is 51.2 Å². The fraction of sp³-hybridized carbons (Fsp3) is 0.450. The summed E-state index contributed by atoms with van der Waals surface area (Å²) in [5, 5.41) is 2.96. The van der Waals surface area contributed by atoms with Crippen LogP contribution in [0.5, 0.6) is 0 Å². The molecular formula is C20H25ClN3OS+. The number of nitrogens with one attached hydrogen (secondary N) is 1. The molecule has 0 bridgehead atoms. The monoisotopic (exact) mass is 390 g/mol. The van der Waals surface area contributed by atoms with E-state index in [1.807, 2.05) is 34.4 Å². The van der Waals surface area contributed by atoms with Crippen LogP contribution in [0.15, 0.2) is 35.7 Å². The summed E-state index contributed by atoms with van der Waals surface area (Å²) in [6.45, 7) is 7.14. The van der Waals surface area contributed by atoms with Gasteiger partial charge in [-0.25, -0.2) is 0 Å². The molecule has 0 spiro atoms. The summed E-state index contributed by atoms with van der Waals surface area (Å²) in [7, 11) is 0. The molecule has 0 aliphatic carbocycles. The number of halogens is 1. The number of hydrogen-bond acceptors (Lipinski definition) is 3. The maximum Gasteiger partial charge on any atom is 0.277 e. The van der Waals surface area contributed by atoms with Crippen LogP contribution in [0.1, 0.15) is 23.4 Å². The molecule has 1 aromatic carbocycles. The zero-order valence-electron chi connectivity index (χ0n) is 15.1. The Hall–Kier alpha value is -1.56. The topological polar surface area (TPSA) is 28.0 Å². The molecule has 2 aliphatic rings. The van der Waals surface area contributed by atoms with Gasteiger partial charge in [0.05, 0.1) is 17.3 Å². The van der Waals surface area contributed by atoms with Gasteiger partial charge in [-0.3, -0.25) is 4.79 Å². The molecule has 138 valence electrons. The number of anilines is 1. The summed E-state index contributed by atoms with van der Waals surface area (Å²) in [5.41, 5.74) is 2.51. The molecule has 4 rings (SSSR count). The Kier molecular flexibility index (Phi) is 5.20. The summed E-state index contributed by atoms with van der Waals surface area (Å²) < 4.78 is 0. The number of nitrogens with zero attached hydrogens (tertiary/aromatic N) is 2. The number of hydrogen-bond donors (Lipinski definition) is 1. The summed E-state index contributed by atoms with van der Waals surface area (Å²) in [6, 6.07) is 10.6. The van der Waals surface area contributed by atoms with E-state index in [0.717, 1.165) is 49.9 Å². The van der Waals surface area contributed by atoms with Gasteiger partial charge in [-0.15, -0.1) is 11.3 Å². The predicted molar refractivity (Wildman–Crippen MR) is 107 cm³/mol. The first-order chi connectivity index (χ1) is 12.6. The third-order valence-corrected chi connectivity index (χ3v) is 7.05. The zero-order chi connectivity index (χ0) is 18.1. The van der Waals surface area contributed by atoms with E-state index in [9.17, 15) is 4.79 Å². The summed E-state index contributed by atoms with van der Waals surface area (Å²) in [4.78, 5) is 20.0. The summed E-state index contributed by atoms with van der Waals surface area (Å²) >= 11 is 8.16. The van der Waals surface area contributed by atoms with Gasteiger partial charge in [0.2, 0.25) is 0 Å². The van der Waals surface area contributed by atoms with Crippen LogP contribution in [0.3, 0.4) is 0 Å². The molecule has 0 saturated carbocycles. The van der Waals surface area contributed by atoms with E-state index >= 15 is 0 Å². The lowest BCUT2D eigenvalue weighted by atomic mass is 10.0. The number of carbonyl (C=O) groups excluding carboxylic acids is 1. The fourth-order valence-corrected chi connectivity index (χ4v) is 5.34. The normalized spacial score (nSPS) is 23.0. The van der Waals surface area contributed by atoms with Crippen molar-refractivity contribution in [2.45, 2.75) is 19.4 Å². The van der Waals surface area contributed by atoms with Crippen molar-refractivity contribution in [1.29, 1.82) is 0 Å². The molecule has 4 nitrogen and oxygen atoms in total. The van der Waals surface area contributed by atoms with Gasteiger partial charge in [0.1, 0.15) is 6.04 Å². The Balaban J connectivity index is 1.34. The van der Waals surface area contributed by atoms with Crippen LogP contribution in [0.4, 0.5) is 5.69 Å². The maximum absolute atomic E-state index is 12.8. The van der Waals surface area contributed by atoms with Crippen LogP contribution in [-0.2, 0) is 11.2 Å². The third kappa shape index (κ3) is 3.48. The number of carbonyl (C=O) groups is 1. The number of quaternary nitrogens is 1. The van der Waals surface area contributed by atoms with Crippen molar-refractivity contribution in [3.8, 4) is 0 Å². The molecule has 2 aromatic rings. The van der Waals surface area contributed by atoms with Crippen molar-refractivity contribution < 1.29 is 9.69 Å². The predicted octanol–water partition coefficient (Wildman–Crippen LogP) is 2.25. The van der Waals surface area contributed by atoms with E-state index in [1.54, 1.807) is 0 Å². The highest BCUT2D eigenvalue weighted by Gasteiger charge is 2.32. The largest absolute Gasteiger partial charge is 0.367 e. The van der Waals surface area contributed by atoms with Crippen molar-refractivity contribution >= 4 is 34.5 Å². The zero-order valence-corrected chi connectivity index (χ0v) is 16.7. The van der Waals surface area contributed by atoms with Gasteiger partial charge in [-0.1, -0.05) is 23.7 Å². The SMILES string of the molecule is C[C@@H]1c2ccsc2CC[NH+]1CC(=O)N1CCN(c2ccccc2Cl)CC1. The van der Waals surface area contributed by atoms with Crippen molar-refractivity contribution in [2.24, 2.45) is 0 Å². The first-order valence-corrected chi connectivity index (χ1v) is 10.6. The number of para-hydroxylation sites is 1. The first kappa shape index (κ1) is 17.8. The molecule has 3 heterocycles. The Morgan fingerprint density at radius 1 is 1.23 bits per heavy atom. The number of rotatable bonds is 3. The number of piperazine rings is 1. The fourth-order valence-electron chi connectivity index (χ4n) is 4.10. The van der Waals surface area contributed by atoms with Gasteiger partial charge in [0.15, 0.2) is 6.54 Å². The van der Waals surface area contributed by atoms with Crippen LogP contribution in [0.25, 0.3) is 0 Å². The Morgan fingerprint density at radius 2 is 2.00 bits per heavy atom. The Labute approximate surface area is 164 Å². The molecule has 1 amide bonds. The standard InChI is InChI=1S/C20H24ClN3OS/c1-15-16-7-13-26-19(16)6-8-24(15)14-20(25)23-11-9-22(10-12-23)18-5-3-2-4-17(18)21/h2-5,7,13,15H,6,8-12,14H2,1H3/p+1/t15-/m1/s1. The smallest absolute Gasteiger partial charge is 0.277 e. The van der Waals surface area contributed by atoms with Crippen LogP contribution in [0, 0.1) is 0 Å². The summed E-state index contributed by atoms with van der Waals surface area (Å²) in [6.07, 6.45) is 1.10. The van der Waals surface area contributed by atoms with E-state index in [0.29, 0.717) is 12.6 Å². The quantitative estimate of drug-likeness (QED) is 0.870. The second kappa shape index (κ2) is 7.59. The molecule has 1 fully saturated rings. The van der Waals surface area contributed by atoms with Crippen molar-refractivity contribution in [2.75, 3.05) is 44.2 Å². The Morgan fingerprint density at radius 3 is 2.77 bits per heavy atom. The van der Waals surface area contributed by atoms with Gasteiger partial charge in [0, 0.05) is 43.0 Å². The highest BCUT2D eigenvalue weighted by Crippen LogP contribution is 2.26. The lowest BCUT2D eigenvalue weighted by Crippen LogP contribution is -3.14. The Bertz CT molecular complexity index is 785. The van der Waals surface area contributed by atoms with Crippen LogP contribution >= 0.6 is 22.9 Å². The minimum absolute atomic E-state index is 0.282. The van der Waals surface area contributed by atoms with Gasteiger partial charge in [0.25, 0.3) is 5.91 Å². The van der Waals surface area contributed by atoms with Crippen LogP contribution in [0.2, 0.25) is 5.02 Å². The maximum atomic E-state index is 12.8. The minimum atomic E-state index is 0.282. The second-order valence-corrected chi connectivity index (χ2v) is 8.58. The first-order valence-electron chi connectivity index (χ1n) is 9.31. The van der Waals surface area contributed by atoms with Crippen LogP contribution in [-0.4, -0.2) is 50.1 Å². The van der Waals surface area contributed by atoms with Gasteiger partial charge in [-0.2, -0.15) is 0 Å². The molecular weight excluding hydrogens is 366 g/mol. The molecule has 26 heavy (non-hydrogen) atoms. The number of benzene rings is 1. The van der Waals surface area contributed by atoms with E-state index in [2.05, 4.69) is 29.3 Å².